The van der Waals surface area contributed by atoms with Crippen molar-refractivity contribution in [2.45, 2.75) is 57.8 Å². The van der Waals surface area contributed by atoms with E-state index in [1.54, 1.807) is 23.1 Å². The van der Waals surface area contributed by atoms with Crippen molar-refractivity contribution in [3.05, 3.63) is 38.0 Å². The van der Waals surface area contributed by atoms with Gasteiger partial charge in [-0.3, -0.25) is 4.90 Å². The molecule has 6 unspecified atom stereocenters. The number of hydrogen-bond acceptors (Lipinski definition) is 8. The van der Waals surface area contributed by atoms with E-state index in [0.717, 1.165) is 0 Å². The van der Waals surface area contributed by atoms with Crippen LogP contribution in [0.25, 0.3) is 0 Å². The van der Waals surface area contributed by atoms with E-state index >= 15 is 0 Å². The van der Waals surface area contributed by atoms with Gasteiger partial charge >= 0.3 is 0 Å². The van der Waals surface area contributed by atoms with E-state index in [-0.39, 0.29) is 18.5 Å². The third-order valence-electron chi connectivity index (χ3n) is 3.17. The zero-order valence-electron chi connectivity index (χ0n) is 14.7. The number of nitrogens with two attached hydrogens (primary N) is 6. The first-order valence-corrected chi connectivity index (χ1v) is 7.51. The van der Waals surface area contributed by atoms with Gasteiger partial charge < -0.3 is 34.4 Å². The molecular formula is C15H36N8. The van der Waals surface area contributed by atoms with Crippen LogP contribution in [0.4, 0.5) is 0 Å². The second-order valence-electron chi connectivity index (χ2n) is 5.30. The molecule has 0 spiro atoms. The van der Waals surface area contributed by atoms with Gasteiger partial charge in [-0.2, -0.15) is 0 Å². The Balaban J connectivity index is 0. The average Bonchev–Trinajstić information content (AvgIpc) is 2.45. The maximum absolute atomic E-state index is 5.72. The predicted octanol–water partition coefficient (Wildman–Crippen LogP) is -1.10. The highest BCUT2D eigenvalue weighted by atomic mass is 15.3. The van der Waals surface area contributed by atoms with Crippen molar-refractivity contribution < 1.29 is 0 Å². The summed E-state index contributed by atoms with van der Waals surface area (Å²) in [4.78, 5) is 3.48. The molecule has 8 nitrogen and oxygen atoms in total. The number of hydrogen-bond donors (Lipinski definition) is 6. The standard InChI is InChI=1S/C9H18N4.C6H18N4/c1-4-7(10)13(8(11)5-2)9(12)6-3;1-4(7)10(5(2)8)6(3)9/h4-9H,1-3,10-12H2;4-6H,7-9H2,1-3H3. The van der Waals surface area contributed by atoms with E-state index < -0.39 is 18.5 Å². The summed E-state index contributed by atoms with van der Waals surface area (Å²) in [6.07, 6.45) is 3.23. The van der Waals surface area contributed by atoms with Gasteiger partial charge in [-0.15, -0.1) is 19.7 Å². The fourth-order valence-electron chi connectivity index (χ4n) is 2.07. The predicted molar refractivity (Wildman–Crippen MR) is 99.1 cm³/mol. The molecule has 0 saturated carbocycles. The Hall–Kier alpha value is -1.10. The summed E-state index contributed by atoms with van der Waals surface area (Å²) in [5, 5.41) is 0. The number of rotatable bonds is 9. The highest BCUT2D eigenvalue weighted by molar-refractivity contribution is 4.97. The summed E-state index contributed by atoms with van der Waals surface area (Å²) >= 11 is 0. The van der Waals surface area contributed by atoms with Crippen molar-refractivity contribution in [1.29, 1.82) is 0 Å². The summed E-state index contributed by atoms with van der Waals surface area (Å²) in [6, 6.07) is 0. The van der Waals surface area contributed by atoms with Gasteiger partial charge in [0.15, 0.2) is 0 Å². The van der Waals surface area contributed by atoms with Crippen molar-refractivity contribution in [3.8, 4) is 0 Å². The molecule has 6 atom stereocenters. The highest BCUT2D eigenvalue weighted by Gasteiger charge is 2.20. The van der Waals surface area contributed by atoms with Gasteiger partial charge in [0, 0.05) is 0 Å². The lowest BCUT2D eigenvalue weighted by Crippen LogP contribution is -2.57. The van der Waals surface area contributed by atoms with Crippen LogP contribution in [0.3, 0.4) is 0 Å². The minimum absolute atomic E-state index is 0.0833. The van der Waals surface area contributed by atoms with Crippen molar-refractivity contribution in [2.24, 2.45) is 34.4 Å². The van der Waals surface area contributed by atoms with Gasteiger partial charge in [-0.1, -0.05) is 18.2 Å². The van der Waals surface area contributed by atoms with Gasteiger partial charge in [0.05, 0.1) is 37.0 Å². The molecule has 0 saturated heterocycles. The normalized spacial score (nSPS) is 18.9. The molecule has 0 aromatic heterocycles. The average molecular weight is 329 g/mol. The molecule has 0 heterocycles. The zero-order valence-corrected chi connectivity index (χ0v) is 14.7. The quantitative estimate of drug-likeness (QED) is 0.229. The van der Waals surface area contributed by atoms with Crippen LogP contribution in [-0.4, -0.2) is 46.8 Å². The van der Waals surface area contributed by atoms with Crippen molar-refractivity contribution in [1.82, 2.24) is 9.80 Å². The lowest BCUT2D eigenvalue weighted by molar-refractivity contribution is 0.113. The Labute approximate surface area is 140 Å². The van der Waals surface area contributed by atoms with Crippen LogP contribution in [-0.2, 0) is 0 Å². The minimum atomic E-state index is -0.402. The fourth-order valence-corrected chi connectivity index (χ4v) is 2.07. The second kappa shape index (κ2) is 12.3. The Morgan fingerprint density at radius 1 is 0.565 bits per heavy atom. The van der Waals surface area contributed by atoms with Crippen molar-refractivity contribution in [3.63, 3.8) is 0 Å². The molecule has 0 rings (SSSR count). The topological polar surface area (TPSA) is 163 Å². The summed E-state index contributed by atoms with van der Waals surface area (Å²) in [5.74, 6) is 0. The van der Waals surface area contributed by atoms with E-state index in [4.69, 9.17) is 34.4 Å². The Kier molecular flexibility index (Phi) is 13.0. The molecule has 0 aliphatic rings. The zero-order chi connectivity index (χ0) is 18.7. The van der Waals surface area contributed by atoms with Crippen LogP contribution in [0.5, 0.6) is 0 Å². The summed E-state index contributed by atoms with van der Waals surface area (Å²) in [6.45, 7) is 16.3. The molecule has 12 N–H and O–H groups in total. The van der Waals surface area contributed by atoms with Crippen LogP contribution in [0.1, 0.15) is 20.8 Å². The maximum atomic E-state index is 5.72. The van der Waals surface area contributed by atoms with E-state index in [1.165, 1.54) is 0 Å². The Morgan fingerprint density at radius 3 is 0.870 bits per heavy atom. The molecule has 0 aliphatic heterocycles. The van der Waals surface area contributed by atoms with Gasteiger partial charge in [-0.05, 0) is 20.8 Å². The van der Waals surface area contributed by atoms with Crippen molar-refractivity contribution in [2.75, 3.05) is 0 Å². The van der Waals surface area contributed by atoms with Crippen LogP contribution >= 0.6 is 0 Å². The summed E-state index contributed by atoms with van der Waals surface area (Å²) in [5.41, 5.74) is 34.0. The molecule has 0 aromatic carbocycles. The third-order valence-corrected chi connectivity index (χ3v) is 3.17. The van der Waals surface area contributed by atoms with Gasteiger partial charge in [0.2, 0.25) is 0 Å². The maximum Gasteiger partial charge on any atom is 0.0793 e. The summed E-state index contributed by atoms with van der Waals surface area (Å²) < 4.78 is 0. The first-order chi connectivity index (χ1) is 10.5. The SMILES string of the molecule is C=CC(N)N(C(N)C=C)C(N)C=C.CC(N)N(C(C)N)C(C)N. The largest absolute Gasteiger partial charge is 0.316 e. The van der Waals surface area contributed by atoms with Crippen LogP contribution in [0.15, 0.2) is 38.0 Å². The smallest absolute Gasteiger partial charge is 0.0793 e. The molecule has 0 aliphatic carbocycles. The van der Waals surface area contributed by atoms with Gasteiger partial charge in [-0.25, -0.2) is 4.90 Å². The molecule has 8 heteroatoms. The number of nitrogens with zero attached hydrogens (tertiary/aromatic N) is 2. The van der Waals surface area contributed by atoms with E-state index in [9.17, 15) is 0 Å². The van der Waals surface area contributed by atoms with E-state index in [1.807, 2.05) is 25.7 Å². The molecule has 0 fully saturated rings. The Bertz CT molecular complexity index is 290. The molecular weight excluding hydrogens is 292 g/mol. The molecule has 0 bridgehead atoms. The Morgan fingerprint density at radius 2 is 0.783 bits per heavy atom. The van der Waals surface area contributed by atoms with Crippen LogP contribution < -0.4 is 34.4 Å². The molecule has 23 heavy (non-hydrogen) atoms. The molecule has 0 radical (unpaired) electrons. The van der Waals surface area contributed by atoms with Crippen LogP contribution in [0, 0.1) is 0 Å². The van der Waals surface area contributed by atoms with Gasteiger partial charge in [0.25, 0.3) is 0 Å². The van der Waals surface area contributed by atoms with Crippen molar-refractivity contribution >= 4 is 0 Å². The highest BCUT2D eigenvalue weighted by Crippen LogP contribution is 2.03. The lowest BCUT2D eigenvalue weighted by atomic mass is 10.3. The minimum Gasteiger partial charge on any atom is -0.316 e. The van der Waals surface area contributed by atoms with E-state index in [0.29, 0.717) is 0 Å². The lowest BCUT2D eigenvalue weighted by Gasteiger charge is -2.34. The first kappa shape index (κ1) is 24.2. The van der Waals surface area contributed by atoms with Crippen LogP contribution in [0.2, 0.25) is 0 Å². The van der Waals surface area contributed by atoms with E-state index in [2.05, 4.69) is 19.7 Å². The summed E-state index contributed by atoms with van der Waals surface area (Å²) in [7, 11) is 0. The van der Waals surface area contributed by atoms with Gasteiger partial charge in [0.1, 0.15) is 0 Å². The third kappa shape index (κ3) is 8.94. The second-order valence-corrected chi connectivity index (χ2v) is 5.30. The molecule has 0 amide bonds. The molecule has 0 aromatic rings. The first-order valence-electron chi connectivity index (χ1n) is 7.51. The fraction of sp³-hybridized carbons (Fsp3) is 0.600. The molecule has 136 valence electrons. The monoisotopic (exact) mass is 328 g/mol.